The van der Waals surface area contributed by atoms with Crippen LogP contribution in [0.3, 0.4) is 0 Å². The zero-order valence-electron chi connectivity index (χ0n) is 11.3. The van der Waals surface area contributed by atoms with Crippen LogP contribution >= 0.6 is 0 Å². The number of hydrogen-bond donors (Lipinski definition) is 0. The van der Waals surface area contributed by atoms with E-state index < -0.39 is 0 Å². The summed E-state index contributed by atoms with van der Waals surface area (Å²) in [7, 11) is 4.10. The zero-order valence-corrected chi connectivity index (χ0v) is 11.3. The summed E-state index contributed by atoms with van der Waals surface area (Å²) in [6.45, 7) is 1.79. The highest BCUT2D eigenvalue weighted by Crippen LogP contribution is 2.16. The van der Waals surface area contributed by atoms with E-state index in [-0.39, 0.29) is 0 Å². The molecule has 0 radical (unpaired) electrons. The number of benzene rings is 1. The Kier molecular flexibility index (Phi) is 4.75. The maximum atomic E-state index is 4.39. The van der Waals surface area contributed by atoms with E-state index in [0.717, 1.165) is 29.8 Å². The Morgan fingerprint density at radius 1 is 1.05 bits per heavy atom. The fourth-order valence-electron chi connectivity index (χ4n) is 1.64. The van der Waals surface area contributed by atoms with Gasteiger partial charge in [0.15, 0.2) is 0 Å². The highest BCUT2D eigenvalue weighted by molar-refractivity contribution is 5.80. The van der Waals surface area contributed by atoms with Crippen molar-refractivity contribution in [3.05, 3.63) is 48.5 Å². The number of hydrogen-bond acceptors (Lipinski definition) is 4. The van der Waals surface area contributed by atoms with E-state index in [9.17, 15) is 0 Å². The number of likely N-dealkylation sites (N-methyl/N-ethyl adjacent to an activating group) is 1. The van der Waals surface area contributed by atoms with Crippen molar-refractivity contribution in [2.45, 2.75) is 0 Å². The van der Waals surface area contributed by atoms with E-state index in [1.807, 2.05) is 32.7 Å². The summed E-state index contributed by atoms with van der Waals surface area (Å²) in [6.07, 6.45) is 7.07. The van der Waals surface area contributed by atoms with Gasteiger partial charge in [0, 0.05) is 30.7 Å². The second-order valence-corrected chi connectivity index (χ2v) is 4.59. The van der Waals surface area contributed by atoms with Crippen LogP contribution < -0.4 is 0 Å². The Morgan fingerprint density at radius 3 is 2.37 bits per heavy atom. The van der Waals surface area contributed by atoms with Gasteiger partial charge < -0.3 is 4.90 Å². The standard InChI is InChI=1S/C15H18N4/c1-19(2)8-7-16-9-13-3-5-14(6-4-13)15-10-17-12-18-11-15/h3-6,9-12H,7-8H2,1-2H3. The minimum atomic E-state index is 0.821. The van der Waals surface area contributed by atoms with Crippen molar-refractivity contribution in [2.24, 2.45) is 4.99 Å². The van der Waals surface area contributed by atoms with E-state index >= 15 is 0 Å². The molecule has 2 rings (SSSR count). The zero-order chi connectivity index (χ0) is 13.5. The third-order valence-electron chi connectivity index (χ3n) is 2.72. The Bertz CT molecular complexity index is 518. The van der Waals surface area contributed by atoms with Crippen LogP contribution in [0.4, 0.5) is 0 Å². The van der Waals surface area contributed by atoms with E-state index in [1.165, 1.54) is 6.33 Å². The van der Waals surface area contributed by atoms with Gasteiger partial charge in [-0.25, -0.2) is 9.97 Å². The second kappa shape index (κ2) is 6.75. The summed E-state index contributed by atoms with van der Waals surface area (Å²) in [6, 6.07) is 8.24. The Hall–Kier alpha value is -2.07. The normalized spacial score (nSPS) is 11.3. The fraction of sp³-hybridized carbons (Fsp3) is 0.267. The molecular weight excluding hydrogens is 236 g/mol. The molecule has 1 aromatic heterocycles. The van der Waals surface area contributed by atoms with Crippen LogP contribution in [0.5, 0.6) is 0 Å². The molecule has 0 fully saturated rings. The van der Waals surface area contributed by atoms with Crippen molar-refractivity contribution in [3.8, 4) is 11.1 Å². The van der Waals surface area contributed by atoms with Gasteiger partial charge in [-0.05, 0) is 25.2 Å². The monoisotopic (exact) mass is 254 g/mol. The van der Waals surface area contributed by atoms with Crippen LogP contribution in [-0.2, 0) is 0 Å². The van der Waals surface area contributed by atoms with Gasteiger partial charge >= 0.3 is 0 Å². The van der Waals surface area contributed by atoms with Crippen molar-refractivity contribution in [2.75, 3.05) is 27.2 Å². The largest absolute Gasteiger partial charge is 0.308 e. The first-order chi connectivity index (χ1) is 9.25. The van der Waals surface area contributed by atoms with E-state index in [2.05, 4.69) is 44.1 Å². The molecule has 98 valence electrons. The predicted octanol–water partition coefficient (Wildman–Crippen LogP) is 2.12. The molecule has 0 saturated heterocycles. The molecule has 0 atom stereocenters. The average Bonchev–Trinajstić information content (AvgIpc) is 2.45. The maximum Gasteiger partial charge on any atom is 0.115 e. The summed E-state index contributed by atoms with van der Waals surface area (Å²) in [4.78, 5) is 14.6. The first-order valence-electron chi connectivity index (χ1n) is 6.26. The first kappa shape index (κ1) is 13.4. The van der Waals surface area contributed by atoms with E-state index in [4.69, 9.17) is 0 Å². The molecule has 0 bridgehead atoms. The summed E-state index contributed by atoms with van der Waals surface area (Å²) in [5, 5.41) is 0. The van der Waals surface area contributed by atoms with Crippen LogP contribution in [0.2, 0.25) is 0 Å². The third kappa shape index (κ3) is 4.26. The van der Waals surface area contributed by atoms with Gasteiger partial charge in [0.05, 0.1) is 6.54 Å². The summed E-state index contributed by atoms with van der Waals surface area (Å²) < 4.78 is 0. The van der Waals surface area contributed by atoms with Crippen LogP contribution in [-0.4, -0.2) is 48.3 Å². The number of aromatic nitrogens is 2. The lowest BCUT2D eigenvalue weighted by molar-refractivity contribution is 0.421. The molecule has 0 saturated carbocycles. The maximum absolute atomic E-state index is 4.39. The quantitative estimate of drug-likeness (QED) is 0.767. The van der Waals surface area contributed by atoms with Gasteiger partial charge in [0.1, 0.15) is 6.33 Å². The molecule has 0 N–H and O–H groups in total. The topological polar surface area (TPSA) is 41.4 Å². The minimum absolute atomic E-state index is 0.821. The van der Waals surface area contributed by atoms with E-state index in [0.29, 0.717) is 0 Å². The SMILES string of the molecule is CN(C)CCN=Cc1ccc(-c2cncnc2)cc1. The molecule has 2 aromatic rings. The van der Waals surface area contributed by atoms with Crippen molar-refractivity contribution < 1.29 is 0 Å². The Morgan fingerprint density at radius 2 is 1.74 bits per heavy atom. The number of nitrogens with zero attached hydrogens (tertiary/aromatic N) is 4. The van der Waals surface area contributed by atoms with E-state index in [1.54, 1.807) is 0 Å². The molecule has 1 aromatic carbocycles. The van der Waals surface area contributed by atoms with Gasteiger partial charge in [-0.2, -0.15) is 0 Å². The molecule has 0 unspecified atom stereocenters. The highest BCUT2D eigenvalue weighted by Gasteiger charge is 1.97. The van der Waals surface area contributed by atoms with Crippen molar-refractivity contribution in [1.29, 1.82) is 0 Å². The summed E-state index contributed by atoms with van der Waals surface area (Å²) >= 11 is 0. The number of rotatable bonds is 5. The van der Waals surface area contributed by atoms with Crippen molar-refractivity contribution in [1.82, 2.24) is 14.9 Å². The molecule has 0 amide bonds. The molecule has 4 nitrogen and oxygen atoms in total. The minimum Gasteiger partial charge on any atom is -0.308 e. The van der Waals surface area contributed by atoms with Crippen LogP contribution in [0.15, 0.2) is 48.0 Å². The predicted molar refractivity (Wildman–Crippen MR) is 78.5 cm³/mol. The highest BCUT2D eigenvalue weighted by atomic mass is 15.1. The van der Waals surface area contributed by atoms with Gasteiger partial charge in [-0.15, -0.1) is 0 Å². The molecule has 19 heavy (non-hydrogen) atoms. The fourth-order valence-corrected chi connectivity index (χ4v) is 1.64. The summed E-state index contributed by atoms with van der Waals surface area (Å²) in [5.41, 5.74) is 3.25. The lowest BCUT2D eigenvalue weighted by Gasteiger charge is -2.05. The third-order valence-corrected chi connectivity index (χ3v) is 2.72. The first-order valence-corrected chi connectivity index (χ1v) is 6.26. The van der Waals surface area contributed by atoms with Gasteiger partial charge in [-0.1, -0.05) is 24.3 Å². The molecule has 0 aliphatic heterocycles. The van der Waals surface area contributed by atoms with Gasteiger partial charge in [0.25, 0.3) is 0 Å². The van der Waals surface area contributed by atoms with Gasteiger partial charge in [-0.3, -0.25) is 4.99 Å². The lowest BCUT2D eigenvalue weighted by Crippen LogP contribution is -2.15. The number of aliphatic imine (C=N–C) groups is 1. The molecular formula is C15H18N4. The van der Waals surface area contributed by atoms with Crippen LogP contribution in [0.1, 0.15) is 5.56 Å². The Balaban J connectivity index is 1.99. The average molecular weight is 254 g/mol. The van der Waals surface area contributed by atoms with Crippen molar-refractivity contribution >= 4 is 6.21 Å². The van der Waals surface area contributed by atoms with Crippen LogP contribution in [0.25, 0.3) is 11.1 Å². The molecule has 0 aliphatic carbocycles. The lowest BCUT2D eigenvalue weighted by atomic mass is 10.1. The molecule has 0 spiro atoms. The van der Waals surface area contributed by atoms with Gasteiger partial charge in [0.2, 0.25) is 0 Å². The van der Waals surface area contributed by atoms with Crippen LogP contribution in [0, 0.1) is 0 Å². The smallest absolute Gasteiger partial charge is 0.115 e. The molecule has 0 aliphatic rings. The Labute approximate surface area is 113 Å². The second-order valence-electron chi connectivity index (χ2n) is 4.59. The molecule has 1 heterocycles. The van der Waals surface area contributed by atoms with Crippen molar-refractivity contribution in [3.63, 3.8) is 0 Å². The summed E-state index contributed by atoms with van der Waals surface area (Å²) in [5.74, 6) is 0. The molecule has 4 heteroatoms.